The first-order valence-corrected chi connectivity index (χ1v) is 7.30. The van der Waals surface area contributed by atoms with Gasteiger partial charge in [0.15, 0.2) is 10.1 Å². The van der Waals surface area contributed by atoms with E-state index in [2.05, 4.69) is 9.97 Å². The molecule has 3 heterocycles. The summed E-state index contributed by atoms with van der Waals surface area (Å²) in [6.07, 6.45) is -2.32. The van der Waals surface area contributed by atoms with E-state index in [9.17, 15) is 10.2 Å². The lowest BCUT2D eigenvalue weighted by Gasteiger charge is -2.17. The third kappa shape index (κ3) is 2.20. The fraction of sp³-hybridized carbons (Fsp3) is 0.455. The van der Waals surface area contributed by atoms with Crippen LogP contribution < -0.4 is 0 Å². The second kappa shape index (κ2) is 5.35. The molecule has 3 rings (SSSR count). The molecule has 0 unspecified atom stereocenters. The van der Waals surface area contributed by atoms with Crippen LogP contribution in [-0.4, -0.2) is 54.8 Å². The molecule has 1 aliphatic rings. The van der Waals surface area contributed by atoms with E-state index in [1.807, 2.05) is 22.6 Å². The number of aliphatic hydroxyl groups is 3. The summed E-state index contributed by atoms with van der Waals surface area (Å²) >= 11 is 7.98. The quantitative estimate of drug-likeness (QED) is 0.373. The standard InChI is InChI=1S/C11H11ClIN3O4/c12-8-4-1-2-16(9(4)15-11(13)14-8)10-7(19)6(18)5(3-17)20-10/h1-2,5-7,10,17-19H,3H2/t5-,6-,7-,10-/m1/s1. The third-order valence-electron chi connectivity index (χ3n) is 3.29. The molecule has 0 spiro atoms. The number of aromatic nitrogens is 3. The maximum Gasteiger partial charge on any atom is 0.194 e. The Hall–Kier alpha value is -0.520. The Morgan fingerprint density at radius 2 is 2.10 bits per heavy atom. The molecule has 7 nitrogen and oxygen atoms in total. The average Bonchev–Trinajstić information content (AvgIpc) is 2.93. The molecule has 0 radical (unpaired) electrons. The Bertz CT molecular complexity index is 652. The van der Waals surface area contributed by atoms with Gasteiger partial charge in [0.05, 0.1) is 12.0 Å². The van der Waals surface area contributed by atoms with Gasteiger partial charge in [0, 0.05) is 28.8 Å². The van der Waals surface area contributed by atoms with E-state index < -0.39 is 24.5 Å². The molecule has 1 aliphatic heterocycles. The molecule has 0 amide bonds. The summed E-state index contributed by atoms with van der Waals surface area (Å²) in [5.74, 6) is 0. The van der Waals surface area contributed by atoms with E-state index in [4.69, 9.17) is 21.4 Å². The molecule has 0 saturated carbocycles. The predicted molar refractivity (Wildman–Crippen MR) is 78.3 cm³/mol. The van der Waals surface area contributed by atoms with Crippen molar-refractivity contribution in [3.8, 4) is 0 Å². The summed E-state index contributed by atoms with van der Waals surface area (Å²) in [5, 5.41) is 29.9. The molecule has 0 bridgehead atoms. The summed E-state index contributed by atoms with van der Waals surface area (Å²) < 4.78 is 7.52. The highest BCUT2D eigenvalue weighted by molar-refractivity contribution is 14.1. The largest absolute Gasteiger partial charge is 0.394 e. The molecular formula is C11H11ClIN3O4. The van der Waals surface area contributed by atoms with Crippen LogP contribution in [0.1, 0.15) is 6.23 Å². The second-order valence-corrected chi connectivity index (χ2v) is 5.80. The van der Waals surface area contributed by atoms with Gasteiger partial charge in [-0.1, -0.05) is 11.6 Å². The summed E-state index contributed by atoms with van der Waals surface area (Å²) in [7, 11) is 0. The first-order valence-electron chi connectivity index (χ1n) is 5.85. The monoisotopic (exact) mass is 411 g/mol. The molecule has 1 fully saturated rings. The van der Waals surface area contributed by atoms with Crippen LogP contribution in [0.25, 0.3) is 11.0 Å². The van der Waals surface area contributed by atoms with Crippen molar-refractivity contribution < 1.29 is 20.1 Å². The third-order valence-corrected chi connectivity index (χ3v) is 4.06. The number of nitrogens with zero attached hydrogens (tertiary/aromatic N) is 3. The van der Waals surface area contributed by atoms with Gasteiger partial charge in [-0.3, -0.25) is 0 Å². The summed E-state index contributed by atoms with van der Waals surface area (Å²) in [5.41, 5.74) is 0.504. The van der Waals surface area contributed by atoms with Crippen LogP contribution >= 0.6 is 34.2 Å². The normalized spacial score (nSPS) is 30.2. The van der Waals surface area contributed by atoms with E-state index >= 15 is 0 Å². The average molecular weight is 412 g/mol. The van der Waals surface area contributed by atoms with Crippen molar-refractivity contribution in [1.29, 1.82) is 0 Å². The van der Waals surface area contributed by atoms with Gasteiger partial charge >= 0.3 is 0 Å². The SMILES string of the molecule is OC[C@H]1O[C@@H](n2ccc3c(Cl)nc(I)nc32)[C@H](O)[C@@H]1O. The van der Waals surface area contributed by atoms with Crippen molar-refractivity contribution in [2.24, 2.45) is 0 Å². The fourth-order valence-corrected chi connectivity index (χ4v) is 3.13. The van der Waals surface area contributed by atoms with Crippen molar-refractivity contribution in [1.82, 2.24) is 14.5 Å². The smallest absolute Gasteiger partial charge is 0.194 e. The number of fused-ring (bicyclic) bond motifs is 1. The van der Waals surface area contributed by atoms with E-state index in [1.54, 1.807) is 16.8 Å². The number of ether oxygens (including phenoxy) is 1. The zero-order valence-corrected chi connectivity index (χ0v) is 12.9. The van der Waals surface area contributed by atoms with Crippen molar-refractivity contribution in [2.45, 2.75) is 24.5 Å². The van der Waals surface area contributed by atoms with Crippen molar-refractivity contribution in [3.05, 3.63) is 21.2 Å². The lowest BCUT2D eigenvalue weighted by Crippen LogP contribution is -2.33. The second-order valence-electron chi connectivity index (χ2n) is 4.47. The first kappa shape index (κ1) is 14.4. The highest BCUT2D eigenvalue weighted by atomic mass is 127. The van der Waals surface area contributed by atoms with E-state index in [1.165, 1.54) is 0 Å². The molecular weight excluding hydrogens is 400 g/mol. The van der Waals surface area contributed by atoms with Crippen LogP contribution in [0.15, 0.2) is 12.3 Å². The van der Waals surface area contributed by atoms with Gasteiger partial charge in [-0.05, 0) is 6.07 Å². The minimum Gasteiger partial charge on any atom is -0.394 e. The number of aliphatic hydroxyl groups excluding tert-OH is 3. The molecule has 3 N–H and O–H groups in total. The molecule has 0 aromatic carbocycles. The fourth-order valence-electron chi connectivity index (χ4n) is 2.29. The van der Waals surface area contributed by atoms with Gasteiger partial charge in [-0.25, -0.2) is 9.97 Å². The van der Waals surface area contributed by atoms with Gasteiger partial charge in [-0.2, -0.15) is 0 Å². The molecule has 4 atom stereocenters. The topological polar surface area (TPSA) is 101 Å². The maximum atomic E-state index is 10.0. The van der Waals surface area contributed by atoms with Gasteiger partial charge in [0.25, 0.3) is 0 Å². The lowest BCUT2D eigenvalue weighted by molar-refractivity contribution is -0.0508. The van der Waals surface area contributed by atoms with Gasteiger partial charge in [0.1, 0.15) is 29.1 Å². The molecule has 2 aromatic rings. The number of hydrogen-bond donors (Lipinski definition) is 3. The number of hydrogen-bond acceptors (Lipinski definition) is 6. The molecule has 2 aromatic heterocycles. The molecule has 108 valence electrons. The van der Waals surface area contributed by atoms with E-state index in [0.29, 0.717) is 20.0 Å². The Kier molecular flexibility index (Phi) is 3.86. The zero-order valence-electron chi connectivity index (χ0n) is 10.0. The van der Waals surface area contributed by atoms with Crippen LogP contribution in [0.5, 0.6) is 0 Å². The zero-order chi connectivity index (χ0) is 14.4. The highest BCUT2D eigenvalue weighted by Crippen LogP contribution is 2.33. The lowest BCUT2D eigenvalue weighted by atomic mass is 10.1. The Balaban J connectivity index is 2.07. The number of halogens is 2. The number of rotatable bonds is 2. The van der Waals surface area contributed by atoms with Crippen molar-refractivity contribution >= 4 is 45.2 Å². The summed E-state index contributed by atoms with van der Waals surface area (Å²) in [6.45, 7) is -0.374. The minimum absolute atomic E-state index is 0.310. The van der Waals surface area contributed by atoms with Crippen molar-refractivity contribution in [2.75, 3.05) is 6.61 Å². The molecule has 9 heteroatoms. The molecule has 1 saturated heterocycles. The van der Waals surface area contributed by atoms with E-state index in [0.717, 1.165) is 0 Å². The highest BCUT2D eigenvalue weighted by Gasteiger charge is 2.43. The maximum absolute atomic E-state index is 10.0. The molecule has 0 aliphatic carbocycles. The first-order chi connectivity index (χ1) is 9.52. The Morgan fingerprint density at radius 3 is 2.75 bits per heavy atom. The summed E-state index contributed by atoms with van der Waals surface area (Å²) in [4.78, 5) is 8.31. The van der Waals surface area contributed by atoms with Crippen molar-refractivity contribution in [3.63, 3.8) is 0 Å². The van der Waals surface area contributed by atoms with Gasteiger partial charge < -0.3 is 24.6 Å². The Labute approximate surface area is 132 Å². The summed E-state index contributed by atoms with van der Waals surface area (Å²) in [6, 6.07) is 1.71. The molecule has 20 heavy (non-hydrogen) atoms. The van der Waals surface area contributed by atoms with Crippen LogP contribution in [0.3, 0.4) is 0 Å². The predicted octanol–water partition coefficient (Wildman–Crippen LogP) is 0.301. The Morgan fingerprint density at radius 1 is 1.35 bits per heavy atom. The van der Waals surface area contributed by atoms with Crippen LogP contribution in [0.4, 0.5) is 0 Å². The van der Waals surface area contributed by atoms with Crippen LogP contribution in [0, 0.1) is 3.83 Å². The van der Waals surface area contributed by atoms with Gasteiger partial charge in [0.2, 0.25) is 0 Å². The van der Waals surface area contributed by atoms with E-state index in [-0.39, 0.29) is 6.61 Å². The van der Waals surface area contributed by atoms with Gasteiger partial charge in [-0.15, -0.1) is 0 Å². The van der Waals surface area contributed by atoms with Crippen LogP contribution in [-0.2, 0) is 4.74 Å². The minimum atomic E-state index is -1.16. The van der Waals surface area contributed by atoms with Crippen LogP contribution in [0.2, 0.25) is 5.15 Å².